The predicted octanol–water partition coefficient (Wildman–Crippen LogP) is 3.05. The minimum absolute atomic E-state index is 0.0372. The van der Waals surface area contributed by atoms with E-state index in [4.69, 9.17) is 0 Å². The maximum atomic E-state index is 12.4. The summed E-state index contributed by atoms with van der Waals surface area (Å²) in [5, 5.41) is 0. The SMILES string of the molecule is O=S(=O)(Cl)c1c(C(F)(F)F)cncc1C(F)(F)F. The molecule has 3 nitrogen and oxygen atoms in total. The van der Waals surface area contributed by atoms with Crippen molar-refractivity contribution < 1.29 is 34.8 Å². The highest BCUT2D eigenvalue weighted by molar-refractivity contribution is 8.13. The van der Waals surface area contributed by atoms with Crippen LogP contribution in [-0.4, -0.2) is 13.4 Å². The molecule has 0 aromatic carbocycles. The molecule has 102 valence electrons. The smallest absolute Gasteiger partial charge is 0.263 e. The van der Waals surface area contributed by atoms with Gasteiger partial charge in [-0.3, -0.25) is 4.98 Å². The van der Waals surface area contributed by atoms with E-state index in [0.717, 1.165) is 0 Å². The molecule has 1 aromatic heterocycles. The molecule has 18 heavy (non-hydrogen) atoms. The molecule has 1 aromatic rings. The number of halogens is 7. The third kappa shape index (κ3) is 3.05. The van der Waals surface area contributed by atoms with Crippen molar-refractivity contribution in [3.8, 4) is 0 Å². The molecule has 11 heteroatoms. The monoisotopic (exact) mass is 313 g/mol. The topological polar surface area (TPSA) is 47.0 Å². The van der Waals surface area contributed by atoms with Crippen LogP contribution in [0.1, 0.15) is 11.1 Å². The Morgan fingerprint density at radius 2 is 1.28 bits per heavy atom. The largest absolute Gasteiger partial charge is 0.419 e. The van der Waals surface area contributed by atoms with E-state index < -0.39 is 37.4 Å². The van der Waals surface area contributed by atoms with Crippen LogP contribution in [-0.2, 0) is 21.4 Å². The average Bonchev–Trinajstić information content (AvgIpc) is 2.12. The summed E-state index contributed by atoms with van der Waals surface area (Å²) in [4.78, 5) is 0.686. The lowest BCUT2D eigenvalue weighted by Gasteiger charge is -2.15. The van der Waals surface area contributed by atoms with Gasteiger partial charge in [0.25, 0.3) is 9.05 Å². The second kappa shape index (κ2) is 4.26. The Kier molecular flexibility index (Phi) is 3.56. The summed E-state index contributed by atoms with van der Waals surface area (Å²) in [6.07, 6.45) is -10.7. The van der Waals surface area contributed by atoms with Gasteiger partial charge in [0.05, 0.1) is 11.1 Å². The summed E-state index contributed by atoms with van der Waals surface area (Å²) in [5.41, 5.74) is -4.13. The van der Waals surface area contributed by atoms with Crippen LogP contribution in [0.15, 0.2) is 17.3 Å². The molecule has 1 heterocycles. The lowest BCUT2D eigenvalue weighted by Crippen LogP contribution is -2.18. The normalized spacial score (nSPS) is 13.7. The quantitative estimate of drug-likeness (QED) is 0.591. The first-order chi connectivity index (χ1) is 7.85. The highest BCUT2D eigenvalue weighted by atomic mass is 35.7. The number of rotatable bonds is 1. The van der Waals surface area contributed by atoms with E-state index in [1.807, 2.05) is 0 Å². The summed E-state index contributed by atoms with van der Waals surface area (Å²) >= 11 is 0. The molecule has 0 unspecified atom stereocenters. The average molecular weight is 314 g/mol. The van der Waals surface area contributed by atoms with E-state index in [9.17, 15) is 34.8 Å². The maximum Gasteiger partial charge on any atom is 0.419 e. The van der Waals surface area contributed by atoms with Crippen LogP contribution in [0.5, 0.6) is 0 Å². The molecule has 1 rings (SSSR count). The van der Waals surface area contributed by atoms with Gasteiger partial charge < -0.3 is 0 Å². The third-order valence-electron chi connectivity index (χ3n) is 1.75. The van der Waals surface area contributed by atoms with Crippen molar-refractivity contribution in [1.29, 1.82) is 0 Å². The molecule has 0 bridgehead atoms. The Morgan fingerprint density at radius 1 is 0.944 bits per heavy atom. The Morgan fingerprint density at radius 3 is 1.50 bits per heavy atom. The molecule has 0 spiro atoms. The fourth-order valence-electron chi connectivity index (χ4n) is 1.12. The maximum absolute atomic E-state index is 12.4. The van der Waals surface area contributed by atoms with Crippen LogP contribution in [0.25, 0.3) is 0 Å². The molecule has 0 aliphatic heterocycles. The predicted molar refractivity (Wildman–Crippen MR) is 47.3 cm³/mol. The van der Waals surface area contributed by atoms with Crippen molar-refractivity contribution in [2.24, 2.45) is 0 Å². The second-order valence-corrected chi connectivity index (χ2v) is 5.50. The molecular weight excluding hydrogens is 312 g/mol. The number of aromatic nitrogens is 1. The van der Waals surface area contributed by atoms with Gasteiger partial charge in [0.2, 0.25) is 0 Å². The molecular formula is C7H2ClF6NO2S. The van der Waals surface area contributed by atoms with E-state index in [-0.39, 0.29) is 12.4 Å². The Hall–Kier alpha value is -1.03. The standard InChI is InChI=1S/C7H2ClF6NO2S/c8-18(16,17)5-3(6(9,10)11)1-15-2-4(5)7(12,13)14/h1-2H. The molecule has 0 aliphatic rings. The number of pyridine rings is 1. The zero-order valence-corrected chi connectivity index (χ0v) is 9.54. The molecule has 0 amide bonds. The Balaban J connectivity index is 3.79. The zero-order chi connectivity index (χ0) is 14.4. The van der Waals surface area contributed by atoms with E-state index >= 15 is 0 Å². The van der Waals surface area contributed by atoms with Gasteiger partial charge in [0.15, 0.2) is 0 Å². The van der Waals surface area contributed by atoms with Crippen molar-refractivity contribution in [2.75, 3.05) is 0 Å². The van der Waals surface area contributed by atoms with Gasteiger partial charge in [-0.05, 0) is 0 Å². The van der Waals surface area contributed by atoms with Crippen molar-refractivity contribution in [1.82, 2.24) is 4.98 Å². The van der Waals surface area contributed by atoms with E-state index in [1.165, 1.54) is 0 Å². The number of hydrogen-bond donors (Lipinski definition) is 0. The minimum atomic E-state index is -5.33. The number of nitrogens with zero attached hydrogens (tertiary/aromatic N) is 1. The summed E-state index contributed by atoms with van der Waals surface area (Å²) in [6.45, 7) is 0. The lowest BCUT2D eigenvalue weighted by atomic mass is 10.2. The summed E-state index contributed by atoms with van der Waals surface area (Å²) < 4.78 is 96.3. The fourth-order valence-corrected chi connectivity index (χ4v) is 2.48. The zero-order valence-electron chi connectivity index (χ0n) is 7.97. The van der Waals surface area contributed by atoms with Crippen molar-refractivity contribution >= 4 is 19.7 Å². The molecule has 0 aliphatic carbocycles. The van der Waals surface area contributed by atoms with Crippen molar-refractivity contribution in [3.05, 3.63) is 23.5 Å². The number of alkyl halides is 6. The van der Waals surface area contributed by atoms with Gasteiger partial charge in [-0.2, -0.15) is 26.3 Å². The summed E-state index contributed by atoms with van der Waals surface area (Å²) in [6, 6.07) is 0. The van der Waals surface area contributed by atoms with Crippen molar-refractivity contribution in [2.45, 2.75) is 17.2 Å². The molecule has 0 atom stereocenters. The van der Waals surface area contributed by atoms with Gasteiger partial charge in [0, 0.05) is 23.1 Å². The van der Waals surface area contributed by atoms with Crippen LogP contribution in [0.4, 0.5) is 26.3 Å². The van der Waals surface area contributed by atoms with Gasteiger partial charge in [-0.15, -0.1) is 0 Å². The van der Waals surface area contributed by atoms with Gasteiger partial charge in [0.1, 0.15) is 4.90 Å². The van der Waals surface area contributed by atoms with Crippen LogP contribution < -0.4 is 0 Å². The fraction of sp³-hybridized carbons (Fsp3) is 0.286. The number of hydrogen-bond acceptors (Lipinski definition) is 3. The van der Waals surface area contributed by atoms with E-state index in [2.05, 4.69) is 15.7 Å². The summed E-state index contributed by atoms with van der Waals surface area (Å²) in [7, 11) is -0.613. The molecule has 0 radical (unpaired) electrons. The Labute approximate surface area is 101 Å². The van der Waals surface area contributed by atoms with Crippen LogP contribution >= 0.6 is 10.7 Å². The van der Waals surface area contributed by atoms with Gasteiger partial charge >= 0.3 is 12.4 Å². The molecule has 0 fully saturated rings. The van der Waals surface area contributed by atoms with Crippen LogP contribution in [0, 0.1) is 0 Å². The van der Waals surface area contributed by atoms with E-state index in [0.29, 0.717) is 0 Å². The molecule has 0 saturated heterocycles. The third-order valence-corrected chi connectivity index (χ3v) is 3.14. The van der Waals surface area contributed by atoms with Crippen LogP contribution in [0.3, 0.4) is 0 Å². The minimum Gasteiger partial charge on any atom is -0.263 e. The highest BCUT2D eigenvalue weighted by Gasteiger charge is 2.45. The van der Waals surface area contributed by atoms with Gasteiger partial charge in [-0.25, -0.2) is 8.42 Å². The lowest BCUT2D eigenvalue weighted by molar-refractivity contribution is -0.148. The van der Waals surface area contributed by atoms with Crippen LogP contribution in [0.2, 0.25) is 0 Å². The van der Waals surface area contributed by atoms with Gasteiger partial charge in [-0.1, -0.05) is 0 Å². The van der Waals surface area contributed by atoms with Crippen molar-refractivity contribution in [3.63, 3.8) is 0 Å². The second-order valence-electron chi connectivity index (χ2n) is 3.00. The highest BCUT2D eigenvalue weighted by Crippen LogP contribution is 2.41. The molecule has 0 N–H and O–H groups in total. The first-order valence-corrected chi connectivity index (χ1v) is 6.23. The van der Waals surface area contributed by atoms with E-state index in [1.54, 1.807) is 0 Å². The first-order valence-electron chi connectivity index (χ1n) is 3.92. The first kappa shape index (κ1) is 15.0. The molecule has 0 saturated carbocycles. The summed E-state index contributed by atoms with van der Waals surface area (Å²) in [5.74, 6) is 0. The Bertz CT molecular complexity index is 532.